The van der Waals surface area contributed by atoms with Crippen molar-refractivity contribution in [2.45, 2.75) is 20.0 Å². The highest BCUT2D eigenvalue weighted by Gasteiger charge is 2.17. The summed E-state index contributed by atoms with van der Waals surface area (Å²) in [5.41, 5.74) is 2.78. The highest BCUT2D eigenvalue weighted by atomic mass is 19.1. The number of anilines is 1. The molecule has 0 atom stereocenters. The molecule has 0 saturated heterocycles. The Balaban J connectivity index is 1.62. The summed E-state index contributed by atoms with van der Waals surface area (Å²) in [6, 6.07) is 20.1. The van der Waals surface area contributed by atoms with E-state index >= 15 is 0 Å². The van der Waals surface area contributed by atoms with Crippen molar-refractivity contribution in [2.24, 2.45) is 0 Å². The molecule has 0 unspecified atom stereocenters. The number of fused-ring (bicyclic) bond motifs is 1. The molecule has 1 heterocycles. The van der Waals surface area contributed by atoms with Crippen molar-refractivity contribution in [1.29, 1.82) is 0 Å². The molecule has 0 aliphatic carbocycles. The highest BCUT2D eigenvalue weighted by molar-refractivity contribution is 5.89. The zero-order chi connectivity index (χ0) is 21.8. The molecule has 4 rings (SSSR count). The second-order valence-electron chi connectivity index (χ2n) is 7.31. The van der Waals surface area contributed by atoms with Crippen LogP contribution in [0.15, 0.2) is 77.6 Å². The number of urea groups is 1. The van der Waals surface area contributed by atoms with Gasteiger partial charge in [-0.25, -0.2) is 14.2 Å². The summed E-state index contributed by atoms with van der Waals surface area (Å²) in [7, 11) is 0. The lowest BCUT2D eigenvalue weighted by molar-refractivity contribution is 0.205. The van der Waals surface area contributed by atoms with Gasteiger partial charge < -0.3 is 15.2 Å². The number of aromatic amines is 1. The molecule has 0 saturated carbocycles. The third kappa shape index (κ3) is 4.95. The number of para-hydroxylation sites is 1. The maximum Gasteiger partial charge on any atom is 0.322 e. The summed E-state index contributed by atoms with van der Waals surface area (Å²) in [5.74, 6) is 0.0183. The zero-order valence-electron chi connectivity index (χ0n) is 16.9. The van der Waals surface area contributed by atoms with Gasteiger partial charge in [0.05, 0.1) is 17.4 Å². The third-order valence-electron chi connectivity index (χ3n) is 4.88. The van der Waals surface area contributed by atoms with Crippen LogP contribution < -0.4 is 10.9 Å². The number of hydrogen-bond donors (Lipinski definition) is 2. The Morgan fingerprint density at radius 2 is 1.71 bits per heavy atom. The molecule has 0 spiro atoms. The number of hydrogen-bond acceptors (Lipinski definition) is 3. The normalized spacial score (nSPS) is 10.8. The molecule has 7 heteroatoms. The number of nitrogens with one attached hydrogen (secondary N) is 2. The highest BCUT2D eigenvalue weighted by Crippen LogP contribution is 2.14. The van der Waals surface area contributed by atoms with Crippen LogP contribution in [0.25, 0.3) is 10.9 Å². The van der Waals surface area contributed by atoms with E-state index < -0.39 is 0 Å². The van der Waals surface area contributed by atoms with Gasteiger partial charge >= 0.3 is 6.03 Å². The molecule has 2 N–H and O–H groups in total. The van der Waals surface area contributed by atoms with Gasteiger partial charge in [0, 0.05) is 12.2 Å². The number of nitrogens with zero attached hydrogens (tertiary/aromatic N) is 2. The lowest BCUT2D eigenvalue weighted by atomic mass is 10.2. The molecule has 0 radical (unpaired) electrons. The first-order chi connectivity index (χ1) is 15.0. The van der Waals surface area contributed by atoms with Crippen molar-refractivity contribution in [3.05, 3.63) is 106 Å². The molecule has 0 bridgehead atoms. The van der Waals surface area contributed by atoms with E-state index in [1.54, 1.807) is 36.4 Å². The van der Waals surface area contributed by atoms with Crippen molar-refractivity contribution in [3.8, 4) is 0 Å². The van der Waals surface area contributed by atoms with Gasteiger partial charge in [-0.2, -0.15) is 0 Å². The fraction of sp³-hybridized carbons (Fsp3) is 0.125. The first-order valence-corrected chi connectivity index (χ1v) is 9.83. The molecule has 156 valence electrons. The smallest absolute Gasteiger partial charge is 0.313 e. The quantitative estimate of drug-likeness (QED) is 0.499. The van der Waals surface area contributed by atoms with Gasteiger partial charge in [-0.1, -0.05) is 42.0 Å². The van der Waals surface area contributed by atoms with Crippen LogP contribution in [0.2, 0.25) is 0 Å². The van der Waals surface area contributed by atoms with Crippen molar-refractivity contribution in [1.82, 2.24) is 14.9 Å². The summed E-state index contributed by atoms with van der Waals surface area (Å²) >= 11 is 0. The van der Waals surface area contributed by atoms with E-state index in [-0.39, 0.29) is 30.5 Å². The van der Waals surface area contributed by atoms with E-state index in [0.717, 1.165) is 11.1 Å². The number of benzene rings is 3. The first-order valence-electron chi connectivity index (χ1n) is 9.83. The third-order valence-corrected chi connectivity index (χ3v) is 4.88. The molecule has 4 aromatic rings. The van der Waals surface area contributed by atoms with E-state index in [4.69, 9.17) is 0 Å². The van der Waals surface area contributed by atoms with Crippen LogP contribution in [-0.2, 0) is 13.1 Å². The topological polar surface area (TPSA) is 78.1 Å². The van der Waals surface area contributed by atoms with Crippen LogP contribution in [0.1, 0.15) is 17.0 Å². The Kier molecular flexibility index (Phi) is 5.75. The molecule has 2 amide bonds. The molecular formula is C24H21FN4O2. The van der Waals surface area contributed by atoms with E-state index in [1.165, 1.54) is 17.0 Å². The monoisotopic (exact) mass is 416 g/mol. The van der Waals surface area contributed by atoms with Crippen LogP contribution in [0.5, 0.6) is 0 Å². The predicted octanol–water partition coefficient (Wildman–Crippen LogP) is 4.60. The summed E-state index contributed by atoms with van der Waals surface area (Å²) in [5, 5.41) is 3.35. The fourth-order valence-electron chi connectivity index (χ4n) is 3.24. The Bertz CT molecular complexity index is 1270. The van der Waals surface area contributed by atoms with E-state index in [1.807, 2.05) is 31.2 Å². The van der Waals surface area contributed by atoms with Gasteiger partial charge in [0.1, 0.15) is 11.6 Å². The minimum atomic E-state index is -0.357. The van der Waals surface area contributed by atoms with Gasteiger partial charge in [0.25, 0.3) is 5.56 Å². The Labute approximate surface area is 178 Å². The SMILES string of the molecule is Cc1ccc(NC(=O)N(Cc2ccc(F)cc2)Cc2nc3ccccc3c(=O)[nH]2)cc1. The molecule has 0 aliphatic heterocycles. The summed E-state index contributed by atoms with van der Waals surface area (Å²) in [4.78, 5) is 34.2. The van der Waals surface area contributed by atoms with Crippen molar-refractivity contribution >= 4 is 22.6 Å². The van der Waals surface area contributed by atoms with Crippen LogP contribution in [0.4, 0.5) is 14.9 Å². The van der Waals surface area contributed by atoms with Crippen LogP contribution in [0.3, 0.4) is 0 Å². The minimum Gasteiger partial charge on any atom is -0.313 e. The number of amides is 2. The van der Waals surface area contributed by atoms with Crippen LogP contribution in [-0.4, -0.2) is 20.9 Å². The molecule has 6 nitrogen and oxygen atoms in total. The van der Waals surface area contributed by atoms with Gasteiger partial charge in [0.15, 0.2) is 0 Å². The minimum absolute atomic E-state index is 0.0785. The molecule has 1 aromatic heterocycles. The van der Waals surface area contributed by atoms with E-state index in [9.17, 15) is 14.0 Å². The number of aromatic nitrogens is 2. The summed E-state index contributed by atoms with van der Waals surface area (Å²) < 4.78 is 13.3. The average Bonchev–Trinajstić information content (AvgIpc) is 2.76. The van der Waals surface area contributed by atoms with Crippen LogP contribution >= 0.6 is 0 Å². The Morgan fingerprint density at radius 1 is 1.00 bits per heavy atom. The number of carbonyl (C=O) groups is 1. The number of halogens is 1. The average molecular weight is 416 g/mol. The van der Waals surface area contributed by atoms with Gasteiger partial charge in [-0.05, 0) is 48.9 Å². The summed E-state index contributed by atoms with van der Waals surface area (Å²) in [6.07, 6.45) is 0. The first kappa shape index (κ1) is 20.3. The maximum absolute atomic E-state index is 13.3. The number of aryl methyl sites for hydroxylation is 1. The lowest BCUT2D eigenvalue weighted by Gasteiger charge is -2.23. The molecular weight excluding hydrogens is 395 g/mol. The van der Waals surface area contributed by atoms with Gasteiger partial charge in [-0.3, -0.25) is 4.79 Å². The number of H-pyrrole nitrogens is 1. The van der Waals surface area contributed by atoms with Crippen molar-refractivity contribution < 1.29 is 9.18 Å². The Morgan fingerprint density at radius 3 is 2.45 bits per heavy atom. The number of carbonyl (C=O) groups excluding carboxylic acids is 1. The second-order valence-corrected chi connectivity index (χ2v) is 7.31. The van der Waals surface area contributed by atoms with E-state index in [0.29, 0.717) is 22.4 Å². The molecule has 3 aromatic carbocycles. The lowest BCUT2D eigenvalue weighted by Crippen LogP contribution is -2.35. The molecule has 0 fully saturated rings. The zero-order valence-corrected chi connectivity index (χ0v) is 16.9. The van der Waals surface area contributed by atoms with Gasteiger partial charge in [0.2, 0.25) is 0 Å². The fourth-order valence-corrected chi connectivity index (χ4v) is 3.24. The van der Waals surface area contributed by atoms with Gasteiger partial charge in [-0.15, -0.1) is 0 Å². The van der Waals surface area contributed by atoms with Crippen molar-refractivity contribution in [3.63, 3.8) is 0 Å². The molecule has 0 aliphatic rings. The van der Waals surface area contributed by atoms with E-state index in [2.05, 4.69) is 15.3 Å². The maximum atomic E-state index is 13.3. The largest absolute Gasteiger partial charge is 0.322 e. The number of rotatable bonds is 5. The molecule has 31 heavy (non-hydrogen) atoms. The standard InChI is InChI=1S/C24H21FN4O2/c1-16-6-12-19(13-7-16)26-24(31)29(14-17-8-10-18(25)11-9-17)15-22-27-21-5-3-2-4-20(21)23(30)28-22/h2-13H,14-15H2,1H3,(H,26,31)(H,27,28,30). The Hall–Kier alpha value is -4.00. The van der Waals surface area contributed by atoms with Crippen molar-refractivity contribution in [2.75, 3.05) is 5.32 Å². The second kappa shape index (κ2) is 8.79. The summed E-state index contributed by atoms with van der Waals surface area (Å²) in [6.45, 7) is 2.26. The predicted molar refractivity (Wildman–Crippen MR) is 118 cm³/mol. The van der Waals surface area contributed by atoms with Crippen LogP contribution in [0, 0.1) is 12.7 Å².